The minimum Gasteiger partial charge on any atom is -0.454 e. The van der Waals surface area contributed by atoms with Gasteiger partial charge in [0.2, 0.25) is 6.79 Å². The van der Waals surface area contributed by atoms with Gasteiger partial charge in [0, 0.05) is 29.4 Å². The lowest BCUT2D eigenvalue weighted by Crippen LogP contribution is -2.30. The Bertz CT molecular complexity index is 1670. The molecule has 4 aromatic rings. The van der Waals surface area contributed by atoms with E-state index in [1.807, 2.05) is 53.3 Å². The highest BCUT2D eigenvalue weighted by Gasteiger charge is 2.31. The van der Waals surface area contributed by atoms with Crippen LogP contribution in [-0.4, -0.2) is 38.3 Å². The zero-order valence-electron chi connectivity index (χ0n) is 22.4. The number of nitrogens with one attached hydrogen (secondary N) is 1. The van der Waals surface area contributed by atoms with Crippen molar-refractivity contribution in [1.29, 1.82) is 0 Å². The number of rotatable bonds is 11. The molecule has 4 aromatic carbocycles. The zero-order chi connectivity index (χ0) is 30.5. The topological polar surface area (TPSA) is 94.2 Å². The summed E-state index contributed by atoms with van der Waals surface area (Å²) in [5.74, 6) is 0.523. The van der Waals surface area contributed by atoms with E-state index in [4.69, 9.17) is 9.47 Å². The second kappa shape index (κ2) is 13.0. The molecule has 1 N–H and O–H groups in total. The molecule has 13 heteroatoms. The maximum absolute atomic E-state index is 12.9. The molecule has 8 nitrogen and oxygen atoms in total. The van der Waals surface area contributed by atoms with Crippen molar-refractivity contribution >= 4 is 27.7 Å². The molecule has 0 spiro atoms. The van der Waals surface area contributed by atoms with Gasteiger partial charge in [0.1, 0.15) is 5.75 Å². The van der Waals surface area contributed by atoms with Crippen LogP contribution in [0, 0.1) is 0 Å². The summed E-state index contributed by atoms with van der Waals surface area (Å²) in [6.45, 7) is 1.29. The Balaban J connectivity index is 1.25. The van der Waals surface area contributed by atoms with Crippen molar-refractivity contribution in [2.75, 3.05) is 12.7 Å². The summed E-state index contributed by atoms with van der Waals surface area (Å²) in [5.41, 5.74) is 1.72. The number of thioether (sulfide) groups is 1. The standard InChI is InChI=1S/C30H25F3N2O6S2/c31-30(32,33)41-24-11-9-23(10-12-24)29(36)34-43(37,38)26-13-6-21(7-14-26)17-35(19-42-25-4-2-1-3-5-25)18-22-8-15-27-28(16-22)40-20-39-27/h1-16H,17-20H2,(H,34,36). The van der Waals surface area contributed by atoms with Gasteiger partial charge in [-0.1, -0.05) is 36.4 Å². The van der Waals surface area contributed by atoms with Crippen molar-refractivity contribution in [1.82, 2.24) is 9.62 Å². The number of fused-ring (bicyclic) bond motifs is 1. The number of benzene rings is 4. The fourth-order valence-electron chi connectivity index (χ4n) is 4.21. The number of hydrogen-bond donors (Lipinski definition) is 1. The first-order valence-electron chi connectivity index (χ1n) is 12.8. The van der Waals surface area contributed by atoms with Crippen molar-refractivity contribution in [2.45, 2.75) is 29.2 Å². The molecule has 0 aliphatic carbocycles. The summed E-state index contributed by atoms with van der Waals surface area (Å²) in [6, 6.07) is 25.8. The summed E-state index contributed by atoms with van der Waals surface area (Å²) >= 11 is 1.67. The van der Waals surface area contributed by atoms with E-state index >= 15 is 0 Å². The number of amides is 1. The first-order valence-corrected chi connectivity index (χ1v) is 15.3. The van der Waals surface area contributed by atoms with Gasteiger partial charge in [0.15, 0.2) is 11.5 Å². The van der Waals surface area contributed by atoms with Crippen LogP contribution in [0.25, 0.3) is 0 Å². The van der Waals surface area contributed by atoms with Crippen LogP contribution in [0.15, 0.2) is 107 Å². The average molecular weight is 631 g/mol. The predicted octanol–water partition coefficient (Wildman–Crippen LogP) is 6.18. The van der Waals surface area contributed by atoms with Crippen molar-refractivity contribution in [2.24, 2.45) is 0 Å². The Morgan fingerprint density at radius 2 is 1.51 bits per heavy atom. The van der Waals surface area contributed by atoms with Crippen LogP contribution in [0.5, 0.6) is 17.2 Å². The monoisotopic (exact) mass is 630 g/mol. The number of halogens is 3. The molecule has 1 aliphatic rings. The third kappa shape index (κ3) is 8.43. The highest BCUT2D eigenvalue weighted by molar-refractivity contribution is 7.99. The smallest absolute Gasteiger partial charge is 0.454 e. The molecular formula is C30H25F3N2O6S2. The lowest BCUT2D eigenvalue weighted by Gasteiger charge is -2.22. The molecule has 0 radical (unpaired) electrons. The van der Waals surface area contributed by atoms with E-state index in [0.717, 1.165) is 40.3 Å². The van der Waals surface area contributed by atoms with E-state index in [2.05, 4.69) is 9.64 Å². The highest BCUT2D eigenvalue weighted by atomic mass is 32.2. The first-order chi connectivity index (χ1) is 20.5. The molecule has 0 fully saturated rings. The molecule has 5 rings (SSSR count). The van der Waals surface area contributed by atoms with Gasteiger partial charge in [-0.2, -0.15) is 0 Å². The Hall–Kier alpha value is -4.20. The van der Waals surface area contributed by atoms with Crippen LogP contribution >= 0.6 is 11.8 Å². The molecule has 0 unspecified atom stereocenters. The van der Waals surface area contributed by atoms with Crippen LogP contribution in [0.4, 0.5) is 13.2 Å². The number of hydrogen-bond acceptors (Lipinski definition) is 8. The second-order valence-electron chi connectivity index (χ2n) is 9.41. The molecular weight excluding hydrogens is 605 g/mol. The summed E-state index contributed by atoms with van der Waals surface area (Å²) in [7, 11) is -4.25. The van der Waals surface area contributed by atoms with Crippen molar-refractivity contribution in [3.63, 3.8) is 0 Å². The van der Waals surface area contributed by atoms with Crippen molar-refractivity contribution in [3.05, 3.63) is 114 Å². The summed E-state index contributed by atoms with van der Waals surface area (Å²) in [4.78, 5) is 15.7. The van der Waals surface area contributed by atoms with Crippen LogP contribution in [0.2, 0.25) is 0 Å². The van der Waals surface area contributed by atoms with Crippen molar-refractivity contribution < 1.29 is 40.6 Å². The SMILES string of the molecule is O=C(NS(=O)(=O)c1ccc(CN(CSc2ccccc2)Cc2ccc3c(c2)OCO3)cc1)c1ccc(OC(F)(F)F)cc1. The van der Waals surface area contributed by atoms with Gasteiger partial charge in [-0.25, -0.2) is 13.1 Å². The number of ether oxygens (including phenoxy) is 3. The van der Waals surface area contributed by atoms with Crippen LogP contribution in [-0.2, 0) is 23.1 Å². The molecule has 0 atom stereocenters. The quantitative estimate of drug-likeness (QED) is 0.155. The maximum Gasteiger partial charge on any atom is 0.573 e. The molecule has 1 amide bonds. The van der Waals surface area contributed by atoms with Crippen LogP contribution < -0.4 is 18.9 Å². The summed E-state index contributed by atoms with van der Waals surface area (Å²) in [6.07, 6.45) is -4.89. The summed E-state index contributed by atoms with van der Waals surface area (Å²) in [5, 5.41) is 0. The minimum absolute atomic E-state index is 0.136. The Morgan fingerprint density at radius 1 is 0.860 bits per heavy atom. The lowest BCUT2D eigenvalue weighted by molar-refractivity contribution is -0.274. The fourth-order valence-corrected chi connectivity index (χ4v) is 6.05. The molecule has 43 heavy (non-hydrogen) atoms. The molecule has 0 bridgehead atoms. The fraction of sp³-hybridized carbons (Fsp3) is 0.167. The van der Waals surface area contributed by atoms with E-state index in [-0.39, 0.29) is 17.3 Å². The number of carbonyl (C=O) groups is 1. The van der Waals surface area contributed by atoms with Gasteiger partial charge in [-0.15, -0.1) is 24.9 Å². The second-order valence-corrected chi connectivity index (χ2v) is 12.1. The minimum atomic E-state index is -4.89. The largest absolute Gasteiger partial charge is 0.573 e. The Morgan fingerprint density at radius 3 is 2.21 bits per heavy atom. The number of carbonyl (C=O) groups excluding carboxylic acids is 1. The van der Waals surface area contributed by atoms with Gasteiger partial charge < -0.3 is 14.2 Å². The molecule has 1 aliphatic heterocycles. The van der Waals surface area contributed by atoms with Gasteiger partial charge in [0.25, 0.3) is 15.9 Å². The normalized spacial score (nSPS) is 12.7. The van der Waals surface area contributed by atoms with Gasteiger partial charge >= 0.3 is 6.36 Å². The van der Waals surface area contributed by atoms with Crippen LogP contribution in [0.1, 0.15) is 21.5 Å². The van der Waals surface area contributed by atoms with Gasteiger partial charge in [-0.3, -0.25) is 9.69 Å². The zero-order valence-corrected chi connectivity index (χ0v) is 24.0. The van der Waals surface area contributed by atoms with E-state index in [9.17, 15) is 26.4 Å². The molecule has 0 aromatic heterocycles. The van der Waals surface area contributed by atoms with Crippen molar-refractivity contribution in [3.8, 4) is 17.2 Å². The van der Waals surface area contributed by atoms with E-state index in [0.29, 0.717) is 30.5 Å². The molecule has 1 heterocycles. The Labute approximate surface area is 250 Å². The van der Waals surface area contributed by atoms with E-state index in [1.165, 1.54) is 12.1 Å². The Kier molecular flexibility index (Phi) is 9.14. The van der Waals surface area contributed by atoms with E-state index < -0.39 is 28.0 Å². The maximum atomic E-state index is 12.9. The first kappa shape index (κ1) is 30.3. The molecule has 224 valence electrons. The third-order valence-electron chi connectivity index (χ3n) is 6.22. The number of alkyl halides is 3. The number of sulfonamides is 1. The average Bonchev–Trinajstić information content (AvgIpc) is 3.44. The van der Waals surface area contributed by atoms with Gasteiger partial charge in [-0.05, 0) is 71.8 Å². The molecule has 0 saturated heterocycles. The summed E-state index contributed by atoms with van der Waals surface area (Å²) < 4.78 is 79.4. The number of nitrogens with zero attached hydrogens (tertiary/aromatic N) is 1. The lowest BCUT2D eigenvalue weighted by atomic mass is 10.1. The van der Waals surface area contributed by atoms with E-state index in [1.54, 1.807) is 23.9 Å². The third-order valence-corrected chi connectivity index (χ3v) is 8.66. The van der Waals surface area contributed by atoms with Gasteiger partial charge in [0.05, 0.1) is 4.90 Å². The molecule has 0 saturated carbocycles. The van der Waals surface area contributed by atoms with Crippen LogP contribution in [0.3, 0.4) is 0 Å². The highest BCUT2D eigenvalue weighted by Crippen LogP contribution is 2.33. The predicted molar refractivity (Wildman–Crippen MR) is 153 cm³/mol.